The maximum absolute atomic E-state index is 12.1. The van der Waals surface area contributed by atoms with Crippen LogP contribution in [-0.4, -0.2) is 22.1 Å². The fourth-order valence-corrected chi connectivity index (χ4v) is 2.88. The molecule has 1 N–H and O–H groups in total. The number of benzene rings is 1. The van der Waals surface area contributed by atoms with Crippen LogP contribution in [0.2, 0.25) is 0 Å². The number of alkyl halides is 3. The highest BCUT2D eigenvalue weighted by Gasteiger charge is 2.30. The molecule has 0 aliphatic rings. The Morgan fingerprint density at radius 3 is 2.52 bits per heavy atom. The fraction of sp³-hybridized carbons (Fsp3) is 0.118. The van der Waals surface area contributed by atoms with E-state index in [1.54, 1.807) is 6.07 Å². The summed E-state index contributed by atoms with van der Waals surface area (Å²) in [5, 5.41) is 8.51. The van der Waals surface area contributed by atoms with E-state index in [1.165, 1.54) is 29.5 Å². The SMILES string of the molecule is O=C(Cn1nc(-c2cccs2)ccc1=O)Nc1ccc(OC(F)(F)F)cc1. The van der Waals surface area contributed by atoms with E-state index in [-0.39, 0.29) is 12.2 Å². The number of aromatic nitrogens is 2. The van der Waals surface area contributed by atoms with Crippen LogP contribution in [0, 0.1) is 0 Å². The first-order valence-corrected chi connectivity index (χ1v) is 8.46. The number of ether oxygens (including phenoxy) is 1. The van der Waals surface area contributed by atoms with Gasteiger partial charge in [0.1, 0.15) is 18.0 Å². The quantitative estimate of drug-likeness (QED) is 0.718. The van der Waals surface area contributed by atoms with Crippen molar-refractivity contribution in [1.29, 1.82) is 0 Å². The van der Waals surface area contributed by atoms with Crippen LogP contribution < -0.4 is 15.6 Å². The second-order valence-corrected chi connectivity index (χ2v) is 6.26. The Balaban J connectivity index is 1.67. The lowest BCUT2D eigenvalue weighted by Crippen LogP contribution is -2.29. The molecule has 1 aromatic carbocycles. The number of rotatable bonds is 5. The standard InChI is InChI=1S/C17H12F3N3O3S/c18-17(19,20)26-12-5-3-11(4-6-12)21-15(24)10-23-16(25)8-7-13(22-23)14-2-1-9-27-14/h1-9H,10H2,(H,21,24). The Hall–Kier alpha value is -3.14. The molecule has 0 saturated heterocycles. The highest BCUT2D eigenvalue weighted by molar-refractivity contribution is 7.13. The van der Waals surface area contributed by atoms with Crippen molar-refractivity contribution in [3.8, 4) is 16.3 Å². The zero-order valence-electron chi connectivity index (χ0n) is 13.6. The van der Waals surface area contributed by atoms with Crippen LogP contribution in [0.25, 0.3) is 10.6 Å². The molecule has 0 spiro atoms. The van der Waals surface area contributed by atoms with Gasteiger partial charge in [-0.15, -0.1) is 24.5 Å². The summed E-state index contributed by atoms with van der Waals surface area (Å²) >= 11 is 1.45. The summed E-state index contributed by atoms with van der Waals surface area (Å²) in [5.41, 5.74) is 0.377. The summed E-state index contributed by atoms with van der Waals surface area (Å²) < 4.78 is 41.2. The van der Waals surface area contributed by atoms with Gasteiger partial charge >= 0.3 is 6.36 Å². The number of hydrogen-bond donors (Lipinski definition) is 1. The minimum Gasteiger partial charge on any atom is -0.406 e. The van der Waals surface area contributed by atoms with Crippen LogP contribution in [0.15, 0.2) is 58.7 Å². The molecule has 0 aliphatic heterocycles. The maximum Gasteiger partial charge on any atom is 0.573 e. The molecule has 2 heterocycles. The van der Waals surface area contributed by atoms with E-state index >= 15 is 0 Å². The third-order valence-corrected chi connectivity index (χ3v) is 4.20. The van der Waals surface area contributed by atoms with Crippen molar-refractivity contribution in [2.24, 2.45) is 0 Å². The molecule has 0 aliphatic carbocycles. The maximum atomic E-state index is 12.1. The first-order chi connectivity index (χ1) is 12.8. The zero-order valence-corrected chi connectivity index (χ0v) is 14.4. The molecule has 0 bridgehead atoms. The Morgan fingerprint density at radius 1 is 1.15 bits per heavy atom. The molecule has 27 heavy (non-hydrogen) atoms. The van der Waals surface area contributed by atoms with E-state index in [0.29, 0.717) is 5.69 Å². The second-order valence-electron chi connectivity index (χ2n) is 5.31. The predicted octanol–water partition coefficient (Wildman–Crippen LogP) is 3.51. The van der Waals surface area contributed by atoms with E-state index in [4.69, 9.17) is 0 Å². The van der Waals surface area contributed by atoms with Gasteiger partial charge in [0.15, 0.2) is 0 Å². The first-order valence-electron chi connectivity index (χ1n) is 7.58. The number of halogens is 3. The van der Waals surface area contributed by atoms with Gasteiger partial charge in [-0.25, -0.2) is 4.68 Å². The van der Waals surface area contributed by atoms with E-state index in [0.717, 1.165) is 21.7 Å². The molecule has 0 atom stereocenters. The smallest absolute Gasteiger partial charge is 0.406 e. The predicted molar refractivity (Wildman–Crippen MR) is 93.6 cm³/mol. The Morgan fingerprint density at radius 2 is 1.89 bits per heavy atom. The summed E-state index contributed by atoms with van der Waals surface area (Å²) in [6.45, 7) is -0.334. The van der Waals surface area contributed by atoms with Gasteiger partial charge in [0.25, 0.3) is 5.56 Å². The van der Waals surface area contributed by atoms with E-state index in [1.807, 2.05) is 17.5 Å². The highest BCUT2D eigenvalue weighted by atomic mass is 32.1. The van der Waals surface area contributed by atoms with Crippen molar-refractivity contribution in [3.63, 3.8) is 0 Å². The van der Waals surface area contributed by atoms with Gasteiger partial charge in [-0.05, 0) is 41.8 Å². The lowest BCUT2D eigenvalue weighted by Gasteiger charge is -2.10. The van der Waals surface area contributed by atoms with Crippen LogP contribution in [0.1, 0.15) is 0 Å². The van der Waals surface area contributed by atoms with Crippen molar-refractivity contribution in [2.45, 2.75) is 12.9 Å². The van der Waals surface area contributed by atoms with Crippen LogP contribution in [0.4, 0.5) is 18.9 Å². The molecule has 10 heteroatoms. The summed E-state index contributed by atoms with van der Waals surface area (Å²) in [5.74, 6) is -0.945. The number of nitrogens with zero attached hydrogens (tertiary/aromatic N) is 2. The average Bonchev–Trinajstić information content (AvgIpc) is 3.12. The van der Waals surface area contributed by atoms with Crippen molar-refractivity contribution < 1.29 is 22.7 Å². The lowest BCUT2D eigenvalue weighted by molar-refractivity contribution is -0.274. The Kier molecular flexibility index (Phi) is 5.26. The summed E-state index contributed by atoms with van der Waals surface area (Å²) in [7, 11) is 0. The van der Waals surface area contributed by atoms with Crippen molar-refractivity contribution >= 4 is 22.9 Å². The minimum absolute atomic E-state index is 0.261. The van der Waals surface area contributed by atoms with Gasteiger partial charge < -0.3 is 10.1 Å². The second kappa shape index (κ2) is 7.62. The largest absolute Gasteiger partial charge is 0.573 e. The Labute approximate surface area is 154 Å². The molecule has 6 nitrogen and oxygen atoms in total. The number of anilines is 1. The van der Waals surface area contributed by atoms with Gasteiger partial charge in [0, 0.05) is 11.8 Å². The molecular weight excluding hydrogens is 383 g/mol. The molecule has 140 valence electrons. The fourth-order valence-electron chi connectivity index (χ4n) is 2.19. The summed E-state index contributed by atoms with van der Waals surface area (Å²) in [6.07, 6.45) is -4.79. The lowest BCUT2D eigenvalue weighted by atomic mass is 10.3. The molecule has 0 unspecified atom stereocenters. The molecule has 1 amide bonds. The van der Waals surface area contributed by atoms with Gasteiger partial charge in [-0.1, -0.05) is 6.07 Å². The highest BCUT2D eigenvalue weighted by Crippen LogP contribution is 2.24. The first kappa shape index (κ1) is 18.6. The van der Waals surface area contributed by atoms with E-state index in [9.17, 15) is 22.8 Å². The molecule has 0 saturated carbocycles. The monoisotopic (exact) mass is 395 g/mol. The number of amides is 1. The molecule has 0 fully saturated rings. The minimum atomic E-state index is -4.79. The molecule has 0 radical (unpaired) electrons. The molecular formula is C17H12F3N3O3S. The average molecular weight is 395 g/mol. The van der Waals surface area contributed by atoms with Gasteiger partial charge in [0.05, 0.1) is 4.88 Å². The number of nitrogens with one attached hydrogen (secondary N) is 1. The third kappa shape index (κ3) is 5.17. The van der Waals surface area contributed by atoms with Crippen molar-refractivity contribution in [3.05, 3.63) is 64.3 Å². The van der Waals surface area contributed by atoms with Crippen LogP contribution in [0.3, 0.4) is 0 Å². The van der Waals surface area contributed by atoms with E-state index < -0.39 is 23.6 Å². The van der Waals surface area contributed by atoms with Gasteiger partial charge in [-0.3, -0.25) is 9.59 Å². The van der Waals surface area contributed by atoms with Gasteiger partial charge in [0.2, 0.25) is 5.91 Å². The number of carbonyl (C=O) groups excluding carboxylic acids is 1. The number of carbonyl (C=O) groups is 1. The van der Waals surface area contributed by atoms with Crippen LogP contribution in [-0.2, 0) is 11.3 Å². The number of thiophene rings is 1. The molecule has 3 aromatic rings. The number of hydrogen-bond acceptors (Lipinski definition) is 5. The van der Waals surface area contributed by atoms with Crippen LogP contribution in [0.5, 0.6) is 5.75 Å². The molecule has 3 rings (SSSR count). The topological polar surface area (TPSA) is 73.2 Å². The summed E-state index contributed by atoms with van der Waals surface area (Å²) in [6, 6.07) is 11.2. The van der Waals surface area contributed by atoms with Crippen molar-refractivity contribution in [1.82, 2.24) is 9.78 Å². The van der Waals surface area contributed by atoms with Crippen LogP contribution >= 0.6 is 11.3 Å². The van der Waals surface area contributed by atoms with E-state index in [2.05, 4.69) is 15.2 Å². The summed E-state index contributed by atoms with van der Waals surface area (Å²) in [4.78, 5) is 24.9. The third-order valence-electron chi connectivity index (χ3n) is 3.31. The van der Waals surface area contributed by atoms with Crippen molar-refractivity contribution in [2.75, 3.05) is 5.32 Å². The molecule has 2 aromatic heterocycles. The zero-order chi connectivity index (χ0) is 19.4. The Bertz CT molecular complexity index is 983. The van der Waals surface area contributed by atoms with Gasteiger partial charge in [-0.2, -0.15) is 5.10 Å². The normalized spacial score (nSPS) is 11.2.